The number of fused-ring (bicyclic) bond motifs is 19. The molecule has 5 heteroatoms. The number of nitrogens with zero attached hydrogens (tertiary/aromatic N) is 4. The highest BCUT2D eigenvalue weighted by Crippen LogP contribution is 2.58. The summed E-state index contributed by atoms with van der Waals surface area (Å²) in [5.41, 5.74) is 44.1. The first-order chi connectivity index (χ1) is 43.0. The number of aryl methyl sites for hydroxylation is 8. The van der Waals surface area contributed by atoms with E-state index >= 15 is 0 Å². The predicted molar refractivity (Wildman–Crippen MR) is 372 cm³/mol. The molecule has 0 fully saturated rings. The Balaban J connectivity index is 0.930. The van der Waals surface area contributed by atoms with E-state index < -0.39 is 0 Å². The summed E-state index contributed by atoms with van der Waals surface area (Å²) in [7, 11) is 0. The maximum atomic E-state index is 2.84. The quantitative estimate of drug-likeness (QED) is 0.157. The van der Waals surface area contributed by atoms with Crippen molar-refractivity contribution in [3.63, 3.8) is 0 Å². The van der Waals surface area contributed by atoms with Crippen LogP contribution in [0.5, 0.6) is 0 Å². The number of rotatable bonds is 4. The van der Waals surface area contributed by atoms with E-state index in [1.807, 2.05) is 0 Å². The number of hydrogen-bond acceptors (Lipinski definition) is 0. The highest BCUT2D eigenvalue weighted by Gasteiger charge is 2.45. The van der Waals surface area contributed by atoms with Crippen LogP contribution >= 0.6 is 0 Å². The Bertz CT molecular complexity index is 5540. The van der Waals surface area contributed by atoms with Crippen LogP contribution in [0.4, 0.5) is 0 Å². The van der Waals surface area contributed by atoms with Gasteiger partial charge in [-0.2, -0.15) is 0 Å². The molecule has 88 heavy (non-hydrogen) atoms. The first kappa shape index (κ1) is 48.8. The zero-order valence-corrected chi connectivity index (χ0v) is 50.6. The van der Waals surface area contributed by atoms with Crippen molar-refractivity contribution in [3.8, 4) is 78.1 Å². The van der Waals surface area contributed by atoms with Crippen LogP contribution in [0.1, 0.15) is 61.7 Å². The molecule has 414 valence electrons. The van der Waals surface area contributed by atoms with Gasteiger partial charge in [0.1, 0.15) is 0 Å². The van der Waals surface area contributed by atoms with Gasteiger partial charge in [0.05, 0.1) is 50.3 Å². The molecule has 1 atom stereocenters. The highest BCUT2D eigenvalue weighted by atomic mass is 15.1. The SMILES string of the molecule is Cc1cccc(C)c1-c1ccc2c(c1)c1cc(-c3c(C)cccc3C)cc3c1n2-c1cccc2c1B3n1c3c-2cccc3c2c1c1cccc3c1n2C1c2c-3cccc2-n2c3ccc(-c4c(C)cccc4C)cc3c3cc(-c4c(C)cccc4C)cc1c32. The van der Waals surface area contributed by atoms with Crippen LogP contribution in [0.3, 0.4) is 0 Å². The molecule has 4 aliphatic heterocycles. The van der Waals surface area contributed by atoms with E-state index in [1.54, 1.807) is 0 Å². The Morgan fingerprint density at radius 2 is 0.739 bits per heavy atom. The van der Waals surface area contributed by atoms with E-state index in [-0.39, 0.29) is 12.9 Å². The Kier molecular flexibility index (Phi) is 9.31. The third-order valence-electron chi connectivity index (χ3n) is 21.5. The van der Waals surface area contributed by atoms with Crippen LogP contribution in [0.25, 0.3) is 155 Å². The second-order valence-electron chi connectivity index (χ2n) is 26.2. The van der Waals surface area contributed by atoms with E-state index in [2.05, 4.69) is 280 Å². The van der Waals surface area contributed by atoms with Gasteiger partial charge >= 0.3 is 6.85 Å². The molecule has 4 nitrogen and oxygen atoms in total. The first-order valence-electron chi connectivity index (χ1n) is 31.4. The van der Waals surface area contributed by atoms with Crippen molar-refractivity contribution >= 4 is 94.2 Å². The van der Waals surface area contributed by atoms with Gasteiger partial charge in [0, 0.05) is 65.8 Å². The second kappa shape index (κ2) is 16.8. The molecule has 0 amide bonds. The fourth-order valence-electron chi connectivity index (χ4n) is 18.2. The minimum Gasteiger partial charge on any atom is -0.374 e. The van der Waals surface area contributed by atoms with E-state index in [1.165, 1.54) is 221 Å². The van der Waals surface area contributed by atoms with Gasteiger partial charge in [-0.25, -0.2) is 0 Å². The third kappa shape index (κ3) is 5.88. The molecule has 16 aromatic rings. The Morgan fingerprint density at radius 1 is 0.307 bits per heavy atom. The van der Waals surface area contributed by atoms with Crippen molar-refractivity contribution in [1.29, 1.82) is 0 Å². The lowest BCUT2D eigenvalue weighted by atomic mass is 9.45. The van der Waals surface area contributed by atoms with Crippen molar-refractivity contribution in [2.45, 2.75) is 61.4 Å². The van der Waals surface area contributed by atoms with E-state index in [4.69, 9.17) is 0 Å². The predicted octanol–water partition coefficient (Wildman–Crippen LogP) is 20.0. The topological polar surface area (TPSA) is 19.7 Å². The lowest BCUT2D eigenvalue weighted by molar-refractivity contribution is 0.711. The van der Waals surface area contributed by atoms with Crippen molar-refractivity contribution in [1.82, 2.24) is 18.2 Å². The van der Waals surface area contributed by atoms with Gasteiger partial charge in [-0.3, -0.25) is 0 Å². The molecule has 0 saturated carbocycles. The largest absolute Gasteiger partial charge is 0.374 e. The van der Waals surface area contributed by atoms with Crippen molar-refractivity contribution < 1.29 is 0 Å². The van der Waals surface area contributed by atoms with Crippen LogP contribution in [-0.2, 0) is 0 Å². The Morgan fingerprint density at radius 3 is 1.31 bits per heavy atom. The van der Waals surface area contributed by atoms with E-state index in [0.29, 0.717) is 0 Å². The summed E-state index contributed by atoms with van der Waals surface area (Å²) >= 11 is 0. The maximum Gasteiger partial charge on any atom is 0.333 e. The molecule has 0 spiro atoms. The molecule has 20 rings (SSSR count). The normalized spacial score (nSPS) is 14.0. The lowest BCUT2D eigenvalue weighted by Gasteiger charge is -2.36. The molecule has 0 N–H and O–H groups in total. The van der Waals surface area contributed by atoms with Gasteiger partial charge in [0.15, 0.2) is 0 Å². The number of hydrogen-bond donors (Lipinski definition) is 0. The number of benzene rings is 12. The molecule has 4 aliphatic rings. The maximum absolute atomic E-state index is 2.84. The van der Waals surface area contributed by atoms with Crippen molar-refractivity contribution in [2.75, 3.05) is 0 Å². The fourth-order valence-corrected chi connectivity index (χ4v) is 18.2. The van der Waals surface area contributed by atoms with Gasteiger partial charge in [0.25, 0.3) is 0 Å². The van der Waals surface area contributed by atoms with Crippen LogP contribution in [0.15, 0.2) is 206 Å². The zero-order valence-electron chi connectivity index (χ0n) is 50.6. The summed E-state index contributed by atoms with van der Waals surface area (Å²) in [5.74, 6) is 0. The van der Waals surface area contributed by atoms with Gasteiger partial charge < -0.3 is 18.2 Å². The second-order valence-corrected chi connectivity index (χ2v) is 26.2. The summed E-state index contributed by atoms with van der Waals surface area (Å²) in [6.07, 6.45) is 0. The van der Waals surface area contributed by atoms with Crippen LogP contribution in [0.2, 0.25) is 0 Å². The minimum absolute atomic E-state index is 0.136. The molecular weight excluding hydrogens is 1060 g/mol. The molecule has 0 bridgehead atoms. The van der Waals surface area contributed by atoms with Crippen molar-refractivity contribution in [2.24, 2.45) is 0 Å². The first-order valence-corrected chi connectivity index (χ1v) is 31.4. The van der Waals surface area contributed by atoms with E-state index in [9.17, 15) is 0 Å². The molecule has 1 unspecified atom stereocenters. The van der Waals surface area contributed by atoms with Gasteiger partial charge in [-0.05, 0) is 221 Å². The molecule has 4 aromatic heterocycles. The average Bonchev–Trinajstić information content (AvgIpc) is 1.47. The summed E-state index contributed by atoms with van der Waals surface area (Å²) in [5, 5.41) is 7.75. The molecule has 0 radical (unpaired) electrons. The molecule has 0 aliphatic carbocycles. The minimum atomic E-state index is -0.136. The van der Waals surface area contributed by atoms with Crippen LogP contribution < -0.4 is 10.9 Å². The molecule has 0 saturated heterocycles. The van der Waals surface area contributed by atoms with Crippen LogP contribution in [-0.4, -0.2) is 25.0 Å². The Labute approximate surface area is 510 Å². The fraction of sp³-hybridized carbons (Fsp3) is 0.108. The molecule has 8 heterocycles. The Hall–Kier alpha value is -10.4. The lowest BCUT2D eigenvalue weighted by Crippen LogP contribution is -2.55. The summed E-state index contributed by atoms with van der Waals surface area (Å²) < 4.78 is 11.0. The summed E-state index contributed by atoms with van der Waals surface area (Å²) in [6, 6.07) is 80.4. The van der Waals surface area contributed by atoms with Gasteiger partial charge in [-0.1, -0.05) is 152 Å². The number of para-hydroxylation sites is 2. The number of aromatic nitrogens is 4. The molecular formula is C83H59BN4. The smallest absolute Gasteiger partial charge is 0.333 e. The average molecular weight is 1120 g/mol. The summed E-state index contributed by atoms with van der Waals surface area (Å²) in [6.45, 7) is 18.1. The van der Waals surface area contributed by atoms with Crippen LogP contribution in [0, 0.1) is 55.4 Å². The van der Waals surface area contributed by atoms with Gasteiger partial charge in [0.2, 0.25) is 0 Å². The summed E-state index contributed by atoms with van der Waals surface area (Å²) in [4.78, 5) is 0. The highest BCUT2D eigenvalue weighted by molar-refractivity contribution is 6.90. The van der Waals surface area contributed by atoms with E-state index in [0.717, 1.165) is 0 Å². The third-order valence-corrected chi connectivity index (χ3v) is 21.5. The zero-order chi connectivity index (χ0) is 58.6. The monoisotopic (exact) mass is 1120 g/mol. The standard InChI is InChI=1S/C83H59BN4/c1-43-17-9-18-44(2)71(43)51-33-35-67-61(37-51)63-39-53(73-47(5)21-11-22-48(73)6)41-65-78(63)85(67)69-31-15-25-55-57-27-13-29-59-77(57)87(81(65)75(55)69)82-60-30-14-28-58-56-26-16-32-70-76(56)84(88(79(58)60)83(59)82)66-42-54(74-49(7)23-12-24-50(74)8)40-64-62-38-52(34-36-68(62)86(70)80(64)66)72-45(3)19-10-20-46(72)4/h9-42,81H,1-8H3. The van der Waals surface area contributed by atoms with Crippen molar-refractivity contribution in [3.05, 3.63) is 262 Å². The molecule has 12 aromatic carbocycles. The van der Waals surface area contributed by atoms with Gasteiger partial charge in [-0.15, -0.1) is 0 Å².